The molecule has 0 aromatic rings. The van der Waals surface area contributed by atoms with E-state index in [2.05, 4.69) is 37.8 Å². The Balaban J connectivity index is 2.07. The first-order valence-electron chi connectivity index (χ1n) is 5.05. The minimum Gasteiger partial charge on any atom is -0.313 e. The fourth-order valence-corrected chi connectivity index (χ4v) is 2.57. The lowest BCUT2D eigenvalue weighted by Gasteiger charge is -2.19. The Labute approximate surface area is 80.7 Å². The number of rotatable bonds is 4. The van der Waals surface area contributed by atoms with Crippen LogP contribution in [-0.2, 0) is 0 Å². The fraction of sp³-hybridized carbons (Fsp3) is 1.00. The van der Waals surface area contributed by atoms with E-state index in [-0.39, 0.29) is 0 Å². The molecule has 1 fully saturated rings. The lowest BCUT2D eigenvalue weighted by Crippen LogP contribution is -2.35. The van der Waals surface area contributed by atoms with Crippen LogP contribution in [0.4, 0.5) is 0 Å². The molecule has 2 atom stereocenters. The molecule has 0 aromatic carbocycles. The summed E-state index contributed by atoms with van der Waals surface area (Å²) < 4.78 is 0. The first-order chi connectivity index (χ1) is 5.70. The zero-order valence-electron chi connectivity index (χ0n) is 8.47. The zero-order chi connectivity index (χ0) is 8.97. The maximum absolute atomic E-state index is 3.60. The number of thioether (sulfide) groups is 1. The van der Waals surface area contributed by atoms with Gasteiger partial charge in [0.25, 0.3) is 0 Å². The molecule has 0 aromatic heterocycles. The van der Waals surface area contributed by atoms with Crippen molar-refractivity contribution in [2.24, 2.45) is 5.92 Å². The van der Waals surface area contributed by atoms with Crippen LogP contribution < -0.4 is 5.32 Å². The van der Waals surface area contributed by atoms with Crippen LogP contribution >= 0.6 is 11.8 Å². The highest BCUT2D eigenvalue weighted by Gasteiger charge is 2.16. The van der Waals surface area contributed by atoms with Gasteiger partial charge in [-0.05, 0) is 31.4 Å². The van der Waals surface area contributed by atoms with Crippen LogP contribution in [0.15, 0.2) is 0 Å². The molecular weight excluding hydrogens is 166 g/mol. The van der Waals surface area contributed by atoms with Gasteiger partial charge in [0.1, 0.15) is 0 Å². The van der Waals surface area contributed by atoms with Gasteiger partial charge in [-0.15, -0.1) is 0 Å². The first kappa shape index (κ1) is 10.4. The second-order valence-corrected chi connectivity index (χ2v) is 5.48. The molecule has 1 N–H and O–H groups in total. The van der Waals surface area contributed by atoms with Gasteiger partial charge >= 0.3 is 0 Å². The normalized spacial score (nSPS) is 26.5. The van der Waals surface area contributed by atoms with Gasteiger partial charge in [0.15, 0.2) is 0 Å². The Morgan fingerprint density at radius 3 is 2.67 bits per heavy atom. The topological polar surface area (TPSA) is 12.0 Å². The predicted octanol–water partition coefficient (Wildman–Crippen LogP) is 2.52. The monoisotopic (exact) mass is 187 g/mol. The molecule has 0 amide bonds. The average molecular weight is 187 g/mol. The van der Waals surface area contributed by atoms with Gasteiger partial charge in [-0.2, -0.15) is 11.8 Å². The molecule has 0 bridgehead atoms. The van der Waals surface area contributed by atoms with Crippen LogP contribution in [0.3, 0.4) is 0 Å². The smallest absolute Gasteiger partial charge is 0.0172 e. The highest BCUT2D eigenvalue weighted by Crippen LogP contribution is 2.25. The summed E-state index contributed by atoms with van der Waals surface area (Å²) in [6.07, 6.45) is 2.84. The Hall–Kier alpha value is 0.310. The van der Waals surface area contributed by atoms with Gasteiger partial charge in [0.05, 0.1) is 0 Å². The molecule has 0 aliphatic carbocycles. The Bertz CT molecular complexity index is 117. The third-order valence-corrected chi connectivity index (χ3v) is 4.09. The molecule has 72 valence electrons. The predicted molar refractivity (Wildman–Crippen MR) is 57.8 cm³/mol. The van der Waals surface area contributed by atoms with E-state index in [1.54, 1.807) is 0 Å². The summed E-state index contributed by atoms with van der Waals surface area (Å²) in [5.41, 5.74) is 0. The highest BCUT2D eigenvalue weighted by molar-refractivity contribution is 8.00. The third-order valence-electron chi connectivity index (χ3n) is 2.69. The summed E-state index contributed by atoms with van der Waals surface area (Å²) in [7, 11) is 0. The molecule has 0 spiro atoms. The molecule has 1 rings (SSSR count). The van der Waals surface area contributed by atoms with Crippen LogP contribution in [0, 0.1) is 5.92 Å². The lowest BCUT2D eigenvalue weighted by molar-refractivity contribution is 0.426. The third kappa shape index (κ3) is 3.36. The summed E-state index contributed by atoms with van der Waals surface area (Å²) >= 11 is 2.13. The minimum atomic E-state index is 0.672. The van der Waals surface area contributed by atoms with Crippen molar-refractivity contribution in [3.8, 4) is 0 Å². The number of hydrogen-bond acceptors (Lipinski definition) is 2. The van der Waals surface area contributed by atoms with E-state index in [4.69, 9.17) is 0 Å². The molecule has 12 heavy (non-hydrogen) atoms. The summed E-state index contributed by atoms with van der Waals surface area (Å²) in [5, 5.41) is 4.50. The molecule has 1 nitrogen and oxygen atoms in total. The van der Waals surface area contributed by atoms with Crippen molar-refractivity contribution in [3.05, 3.63) is 0 Å². The molecule has 2 unspecified atom stereocenters. The summed E-state index contributed by atoms with van der Waals surface area (Å²) in [5.74, 6) is 2.14. The fourth-order valence-electron chi connectivity index (χ4n) is 1.36. The van der Waals surface area contributed by atoms with Crippen molar-refractivity contribution >= 4 is 11.8 Å². The number of nitrogens with one attached hydrogen (secondary N) is 1. The van der Waals surface area contributed by atoms with Crippen molar-refractivity contribution in [2.45, 2.75) is 44.9 Å². The van der Waals surface area contributed by atoms with Crippen molar-refractivity contribution in [1.29, 1.82) is 0 Å². The molecular formula is C10H21NS. The molecule has 1 saturated heterocycles. The lowest BCUT2D eigenvalue weighted by atomic mass is 10.1. The van der Waals surface area contributed by atoms with E-state index in [0.717, 1.165) is 11.2 Å². The SMILES string of the molecule is CC(C)C(C)NCC1CCCS1. The van der Waals surface area contributed by atoms with Crippen LogP contribution in [0.5, 0.6) is 0 Å². The standard InChI is InChI=1S/C10H21NS/c1-8(2)9(3)11-7-10-5-4-6-12-10/h8-11H,4-7H2,1-3H3. The summed E-state index contributed by atoms with van der Waals surface area (Å²) in [6, 6.07) is 0.672. The quantitative estimate of drug-likeness (QED) is 0.726. The van der Waals surface area contributed by atoms with E-state index in [0.29, 0.717) is 6.04 Å². The zero-order valence-corrected chi connectivity index (χ0v) is 9.29. The van der Waals surface area contributed by atoms with Crippen LogP contribution in [0.25, 0.3) is 0 Å². The van der Waals surface area contributed by atoms with Crippen LogP contribution in [0.2, 0.25) is 0 Å². The van der Waals surface area contributed by atoms with E-state index in [1.165, 1.54) is 25.1 Å². The van der Waals surface area contributed by atoms with Gasteiger partial charge in [-0.3, -0.25) is 0 Å². The second kappa shape index (κ2) is 5.13. The summed E-state index contributed by atoms with van der Waals surface area (Å²) in [6.45, 7) is 8.05. The maximum atomic E-state index is 3.60. The van der Waals surface area contributed by atoms with Gasteiger partial charge < -0.3 is 5.32 Å². The van der Waals surface area contributed by atoms with Crippen molar-refractivity contribution in [3.63, 3.8) is 0 Å². The Kier molecular flexibility index (Phi) is 4.44. The molecule has 2 heteroatoms. The molecule has 0 saturated carbocycles. The Morgan fingerprint density at radius 1 is 1.42 bits per heavy atom. The van der Waals surface area contributed by atoms with E-state index in [1.807, 2.05) is 0 Å². The largest absolute Gasteiger partial charge is 0.313 e. The van der Waals surface area contributed by atoms with Crippen molar-refractivity contribution < 1.29 is 0 Å². The van der Waals surface area contributed by atoms with Gasteiger partial charge in [0, 0.05) is 17.8 Å². The summed E-state index contributed by atoms with van der Waals surface area (Å²) in [4.78, 5) is 0. The van der Waals surface area contributed by atoms with Crippen LogP contribution in [0.1, 0.15) is 33.6 Å². The minimum absolute atomic E-state index is 0.672. The molecule has 1 aliphatic rings. The molecule has 0 radical (unpaired) electrons. The van der Waals surface area contributed by atoms with E-state index >= 15 is 0 Å². The molecule has 1 aliphatic heterocycles. The second-order valence-electron chi connectivity index (χ2n) is 4.08. The first-order valence-corrected chi connectivity index (χ1v) is 6.10. The highest BCUT2D eigenvalue weighted by atomic mass is 32.2. The van der Waals surface area contributed by atoms with E-state index in [9.17, 15) is 0 Å². The van der Waals surface area contributed by atoms with Crippen molar-refractivity contribution in [2.75, 3.05) is 12.3 Å². The van der Waals surface area contributed by atoms with Crippen LogP contribution in [-0.4, -0.2) is 23.6 Å². The van der Waals surface area contributed by atoms with Gasteiger partial charge in [0.2, 0.25) is 0 Å². The molecule has 1 heterocycles. The maximum Gasteiger partial charge on any atom is 0.0172 e. The van der Waals surface area contributed by atoms with E-state index < -0.39 is 0 Å². The van der Waals surface area contributed by atoms with Gasteiger partial charge in [-0.25, -0.2) is 0 Å². The average Bonchev–Trinajstić information content (AvgIpc) is 2.51. The van der Waals surface area contributed by atoms with Crippen molar-refractivity contribution in [1.82, 2.24) is 5.32 Å². The Morgan fingerprint density at radius 2 is 2.17 bits per heavy atom. The number of hydrogen-bond donors (Lipinski definition) is 1. The van der Waals surface area contributed by atoms with Gasteiger partial charge in [-0.1, -0.05) is 13.8 Å².